The first-order valence-corrected chi connectivity index (χ1v) is 2.55. The van der Waals surface area contributed by atoms with Crippen LogP contribution in [0.4, 0.5) is 0 Å². The molecule has 0 atom stereocenters. The van der Waals surface area contributed by atoms with E-state index in [9.17, 15) is 0 Å². The minimum atomic E-state index is 1.15. The fraction of sp³-hybridized carbons (Fsp3) is 0.500. The summed E-state index contributed by atoms with van der Waals surface area (Å²) in [7, 11) is 1.84. The minimum absolute atomic E-state index is 1.15. The second kappa shape index (κ2) is 1.92. The molecule has 38 valence electrons. The highest BCUT2D eigenvalue weighted by Gasteiger charge is 1.96. The largest absolute Gasteiger partial charge is 0.293 e. The lowest BCUT2D eigenvalue weighted by molar-refractivity contribution is 1.13. The lowest BCUT2D eigenvalue weighted by Crippen LogP contribution is -1.82. The normalized spacial score (nSPS) is 24.4. The van der Waals surface area contributed by atoms with Crippen molar-refractivity contribution in [3.8, 4) is 0 Å². The summed E-state index contributed by atoms with van der Waals surface area (Å²) >= 11 is 0. The Bertz CT molecular complexity index is 109. The Balaban J connectivity index is 2.59. The molecule has 0 bridgehead atoms. The van der Waals surface area contributed by atoms with Gasteiger partial charge in [0.05, 0.1) is 0 Å². The maximum atomic E-state index is 4.02. The molecule has 1 rings (SSSR count). The molecule has 0 unspecified atom stereocenters. The molecule has 0 saturated carbocycles. The molecule has 0 aromatic rings. The van der Waals surface area contributed by atoms with E-state index in [0.29, 0.717) is 0 Å². The Morgan fingerprint density at radius 3 is 2.86 bits per heavy atom. The number of nitrogens with zero attached hydrogens (tertiary/aromatic N) is 1. The molecule has 0 heterocycles. The quantitative estimate of drug-likeness (QED) is 0.431. The first-order chi connectivity index (χ1) is 3.43. The van der Waals surface area contributed by atoms with Crippen LogP contribution in [-0.2, 0) is 0 Å². The van der Waals surface area contributed by atoms with E-state index in [1.807, 2.05) is 7.05 Å². The van der Waals surface area contributed by atoms with Crippen LogP contribution in [0, 0.1) is 0 Å². The van der Waals surface area contributed by atoms with Crippen LogP contribution in [-0.4, -0.2) is 12.8 Å². The molecule has 1 heteroatoms. The van der Waals surface area contributed by atoms with E-state index in [0.717, 1.165) is 6.42 Å². The average Bonchev–Trinajstić information content (AvgIpc) is 2.14. The Morgan fingerprint density at radius 1 is 1.71 bits per heavy atom. The van der Waals surface area contributed by atoms with E-state index >= 15 is 0 Å². The summed E-state index contributed by atoms with van der Waals surface area (Å²) in [6.45, 7) is 0. The molecule has 1 aliphatic carbocycles. The summed E-state index contributed by atoms with van der Waals surface area (Å²) in [6, 6.07) is 0. The van der Waals surface area contributed by atoms with E-state index in [4.69, 9.17) is 0 Å². The highest BCUT2D eigenvalue weighted by molar-refractivity contribution is 5.96. The SMILES string of the molecule is C/N=C1\C=CCC1. The van der Waals surface area contributed by atoms with Crippen LogP contribution in [0.15, 0.2) is 17.1 Å². The molecule has 0 saturated heterocycles. The lowest BCUT2D eigenvalue weighted by atomic mass is 10.3. The van der Waals surface area contributed by atoms with Crippen molar-refractivity contribution >= 4 is 5.71 Å². The van der Waals surface area contributed by atoms with E-state index in [2.05, 4.69) is 17.1 Å². The molecule has 0 N–H and O–H groups in total. The van der Waals surface area contributed by atoms with Crippen molar-refractivity contribution in [3.63, 3.8) is 0 Å². The fourth-order valence-corrected chi connectivity index (χ4v) is 0.720. The number of rotatable bonds is 0. The van der Waals surface area contributed by atoms with Gasteiger partial charge in [0.1, 0.15) is 0 Å². The minimum Gasteiger partial charge on any atom is -0.293 e. The molecular weight excluding hydrogens is 86.1 g/mol. The zero-order chi connectivity index (χ0) is 5.11. The van der Waals surface area contributed by atoms with E-state index < -0.39 is 0 Å². The van der Waals surface area contributed by atoms with Gasteiger partial charge in [-0.1, -0.05) is 6.08 Å². The predicted molar refractivity (Wildman–Crippen MR) is 31.7 cm³/mol. The molecule has 0 amide bonds. The molecule has 0 radical (unpaired) electrons. The van der Waals surface area contributed by atoms with Gasteiger partial charge in [-0.15, -0.1) is 0 Å². The monoisotopic (exact) mass is 95.1 g/mol. The van der Waals surface area contributed by atoms with Gasteiger partial charge in [-0.05, 0) is 18.9 Å². The van der Waals surface area contributed by atoms with Crippen LogP contribution in [0.3, 0.4) is 0 Å². The van der Waals surface area contributed by atoms with Crippen molar-refractivity contribution in [1.82, 2.24) is 0 Å². The van der Waals surface area contributed by atoms with Crippen molar-refractivity contribution in [2.75, 3.05) is 7.05 Å². The van der Waals surface area contributed by atoms with Gasteiger partial charge in [-0.2, -0.15) is 0 Å². The van der Waals surface area contributed by atoms with Gasteiger partial charge in [0.2, 0.25) is 0 Å². The third kappa shape index (κ3) is 0.889. The fourth-order valence-electron chi connectivity index (χ4n) is 0.720. The van der Waals surface area contributed by atoms with Crippen LogP contribution in [0.5, 0.6) is 0 Å². The third-order valence-corrected chi connectivity index (χ3v) is 1.16. The number of aliphatic imine (C=N–C) groups is 1. The van der Waals surface area contributed by atoms with Crippen molar-refractivity contribution in [2.24, 2.45) is 4.99 Å². The maximum Gasteiger partial charge on any atom is 0.0344 e. The standard InChI is InChI=1S/C6H9N/c1-7-6-4-2-3-5-6/h2,4H,3,5H2,1H3/b7-6+. The van der Waals surface area contributed by atoms with Crippen molar-refractivity contribution < 1.29 is 0 Å². The summed E-state index contributed by atoms with van der Waals surface area (Å²) in [5.41, 5.74) is 1.24. The van der Waals surface area contributed by atoms with E-state index in [1.165, 1.54) is 12.1 Å². The zero-order valence-electron chi connectivity index (χ0n) is 4.52. The van der Waals surface area contributed by atoms with Crippen LogP contribution in [0.25, 0.3) is 0 Å². The first-order valence-electron chi connectivity index (χ1n) is 2.55. The van der Waals surface area contributed by atoms with Gasteiger partial charge >= 0.3 is 0 Å². The number of allylic oxidation sites excluding steroid dienone is 2. The van der Waals surface area contributed by atoms with Gasteiger partial charge in [0.25, 0.3) is 0 Å². The smallest absolute Gasteiger partial charge is 0.0344 e. The number of hydrogen-bond donors (Lipinski definition) is 0. The van der Waals surface area contributed by atoms with Crippen LogP contribution in [0.2, 0.25) is 0 Å². The lowest BCUT2D eigenvalue weighted by Gasteiger charge is -1.82. The Morgan fingerprint density at radius 2 is 2.57 bits per heavy atom. The molecule has 1 aliphatic rings. The molecule has 1 nitrogen and oxygen atoms in total. The van der Waals surface area contributed by atoms with Gasteiger partial charge in [-0.25, -0.2) is 0 Å². The zero-order valence-corrected chi connectivity index (χ0v) is 4.52. The topological polar surface area (TPSA) is 12.4 Å². The van der Waals surface area contributed by atoms with Gasteiger partial charge in [0, 0.05) is 12.8 Å². The predicted octanol–water partition coefficient (Wildman–Crippen LogP) is 1.41. The highest BCUT2D eigenvalue weighted by Crippen LogP contribution is 2.03. The van der Waals surface area contributed by atoms with Crippen LogP contribution >= 0.6 is 0 Å². The van der Waals surface area contributed by atoms with Crippen molar-refractivity contribution in [1.29, 1.82) is 0 Å². The Hall–Kier alpha value is -0.590. The molecule has 0 aromatic heterocycles. The highest BCUT2D eigenvalue weighted by atomic mass is 14.7. The third-order valence-electron chi connectivity index (χ3n) is 1.16. The molecule has 0 fully saturated rings. The van der Waals surface area contributed by atoms with Gasteiger partial charge in [0.15, 0.2) is 0 Å². The summed E-state index contributed by atoms with van der Waals surface area (Å²) in [5, 5.41) is 0. The summed E-state index contributed by atoms with van der Waals surface area (Å²) in [6.07, 6.45) is 6.57. The second-order valence-electron chi connectivity index (χ2n) is 1.66. The van der Waals surface area contributed by atoms with E-state index in [-0.39, 0.29) is 0 Å². The van der Waals surface area contributed by atoms with Crippen LogP contribution in [0.1, 0.15) is 12.8 Å². The van der Waals surface area contributed by atoms with E-state index in [1.54, 1.807) is 0 Å². The Kier molecular flexibility index (Phi) is 1.25. The maximum absolute atomic E-state index is 4.02. The molecule has 0 spiro atoms. The van der Waals surface area contributed by atoms with Gasteiger partial charge < -0.3 is 0 Å². The second-order valence-corrected chi connectivity index (χ2v) is 1.66. The van der Waals surface area contributed by atoms with Crippen molar-refractivity contribution in [2.45, 2.75) is 12.8 Å². The summed E-state index contributed by atoms with van der Waals surface area (Å²) in [4.78, 5) is 4.02. The summed E-state index contributed by atoms with van der Waals surface area (Å²) < 4.78 is 0. The van der Waals surface area contributed by atoms with Crippen molar-refractivity contribution in [3.05, 3.63) is 12.2 Å². The Labute approximate surface area is 43.8 Å². The number of hydrogen-bond acceptors (Lipinski definition) is 1. The van der Waals surface area contributed by atoms with Gasteiger partial charge in [-0.3, -0.25) is 4.99 Å². The first kappa shape index (κ1) is 4.57. The molecule has 0 aromatic carbocycles. The van der Waals surface area contributed by atoms with Crippen LogP contribution < -0.4 is 0 Å². The average molecular weight is 95.1 g/mol. The molecule has 7 heavy (non-hydrogen) atoms. The molecule has 0 aliphatic heterocycles. The summed E-state index contributed by atoms with van der Waals surface area (Å²) in [5.74, 6) is 0. The molecular formula is C6H9N.